The van der Waals surface area contributed by atoms with Gasteiger partial charge in [-0.1, -0.05) is 30.7 Å². The fourth-order valence-corrected chi connectivity index (χ4v) is 4.22. The molecule has 2 aliphatic rings. The Balaban J connectivity index is 1.48. The van der Waals surface area contributed by atoms with Crippen molar-refractivity contribution in [2.24, 2.45) is 10.4 Å². The molecule has 2 heterocycles. The lowest BCUT2D eigenvalue weighted by atomic mass is 9.68. The summed E-state index contributed by atoms with van der Waals surface area (Å²) in [6, 6.07) is 10.5. The van der Waals surface area contributed by atoms with Gasteiger partial charge in [-0.15, -0.1) is 0 Å². The summed E-state index contributed by atoms with van der Waals surface area (Å²) in [5, 5.41) is 7.84. The number of nitrogens with one attached hydrogen (secondary N) is 1. The highest BCUT2D eigenvalue weighted by atomic mass is 15.3. The van der Waals surface area contributed by atoms with Crippen LogP contribution in [-0.2, 0) is 13.1 Å². The van der Waals surface area contributed by atoms with Gasteiger partial charge in [-0.05, 0) is 48.8 Å². The SMILES string of the molecule is CCNC(=NCc1ccccc1Cn1cccn1)N1CCC2(CCC2)C1. The summed E-state index contributed by atoms with van der Waals surface area (Å²) in [6.07, 6.45) is 9.36. The van der Waals surface area contributed by atoms with Crippen molar-refractivity contribution in [1.29, 1.82) is 0 Å². The monoisotopic (exact) mass is 351 g/mol. The van der Waals surface area contributed by atoms with E-state index < -0.39 is 0 Å². The second kappa shape index (κ2) is 7.52. The van der Waals surface area contributed by atoms with Crippen LogP contribution in [0.3, 0.4) is 0 Å². The van der Waals surface area contributed by atoms with Crippen molar-refractivity contribution in [2.75, 3.05) is 19.6 Å². The number of guanidine groups is 1. The third kappa shape index (κ3) is 3.62. The van der Waals surface area contributed by atoms with Gasteiger partial charge in [0.2, 0.25) is 0 Å². The molecule has 1 aromatic carbocycles. The van der Waals surface area contributed by atoms with E-state index in [-0.39, 0.29) is 0 Å². The third-order valence-electron chi connectivity index (χ3n) is 5.90. The maximum absolute atomic E-state index is 4.98. The van der Waals surface area contributed by atoms with Crippen LogP contribution in [-0.4, -0.2) is 40.3 Å². The zero-order chi connectivity index (χ0) is 17.8. The van der Waals surface area contributed by atoms with E-state index in [4.69, 9.17) is 4.99 Å². The molecular weight excluding hydrogens is 322 g/mol. The van der Waals surface area contributed by atoms with Crippen LogP contribution in [0.2, 0.25) is 0 Å². The van der Waals surface area contributed by atoms with Crippen LogP contribution < -0.4 is 5.32 Å². The lowest BCUT2D eigenvalue weighted by Gasteiger charge is -2.38. The summed E-state index contributed by atoms with van der Waals surface area (Å²) >= 11 is 0. The molecule has 138 valence electrons. The van der Waals surface area contributed by atoms with Gasteiger partial charge in [0.1, 0.15) is 0 Å². The molecule has 2 fully saturated rings. The molecular formula is C21H29N5. The van der Waals surface area contributed by atoms with Gasteiger partial charge in [-0.3, -0.25) is 4.68 Å². The van der Waals surface area contributed by atoms with Crippen molar-refractivity contribution in [3.63, 3.8) is 0 Å². The van der Waals surface area contributed by atoms with Crippen molar-refractivity contribution in [3.05, 3.63) is 53.9 Å². The second-order valence-corrected chi connectivity index (χ2v) is 7.67. The number of likely N-dealkylation sites (tertiary alicyclic amines) is 1. The zero-order valence-corrected chi connectivity index (χ0v) is 15.7. The molecule has 4 rings (SSSR count). The van der Waals surface area contributed by atoms with Crippen molar-refractivity contribution in [3.8, 4) is 0 Å². The summed E-state index contributed by atoms with van der Waals surface area (Å²) in [6.45, 7) is 6.88. The Bertz CT molecular complexity index is 746. The highest BCUT2D eigenvalue weighted by molar-refractivity contribution is 5.80. The molecule has 1 N–H and O–H groups in total. The minimum Gasteiger partial charge on any atom is -0.357 e. The number of nitrogens with zero attached hydrogens (tertiary/aromatic N) is 4. The van der Waals surface area contributed by atoms with Gasteiger partial charge in [0.25, 0.3) is 0 Å². The van der Waals surface area contributed by atoms with Crippen molar-refractivity contribution < 1.29 is 0 Å². The number of aliphatic imine (C=N–C) groups is 1. The van der Waals surface area contributed by atoms with Gasteiger partial charge in [-0.25, -0.2) is 4.99 Å². The number of benzene rings is 1. The number of hydrogen-bond donors (Lipinski definition) is 1. The Labute approximate surface area is 156 Å². The maximum atomic E-state index is 4.98. The molecule has 0 atom stereocenters. The molecule has 1 aliphatic heterocycles. The fraction of sp³-hybridized carbons (Fsp3) is 0.524. The number of aromatic nitrogens is 2. The van der Waals surface area contributed by atoms with E-state index in [1.807, 2.05) is 23.1 Å². The molecule has 1 aliphatic carbocycles. The van der Waals surface area contributed by atoms with E-state index in [2.05, 4.69) is 46.5 Å². The van der Waals surface area contributed by atoms with Gasteiger partial charge < -0.3 is 10.2 Å². The quantitative estimate of drug-likeness (QED) is 0.664. The van der Waals surface area contributed by atoms with Crippen LogP contribution in [0.15, 0.2) is 47.7 Å². The van der Waals surface area contributed by atoms with Gasteiger partial charge in [0, 0.05) is 32.0 Å². The molecule has 1 saturated heterocycles. The lowest BCUT2D eigenvalue weighted by Crippen LogP contribution is -2.42. The largest absolute Gasteiger partial charge is 0.357 e. The maximum Gasteiger partial charge on any atom is 0.194 e. The first-order chi connectivity index (χ1) is 12.8. The van der Waals surface area contributed by atoms with Crippen LogP contribution in [0.4, 0.5) is 0 Å². The van der Waals surface area contributed by atoms with Crippen LogP contribution in [0.25, 0.3) is 0 Å². The summed E-state index contributed by atoms with van der Waals surface area (Å²) < 4.78 is 1.97. The predicted octanol–water partition coefficient (Wildman–Crippen LogP) is 3.27. The Kier molecular flexibility index (Phi) is 4.96. The molecule has 0 bridgehead atoms. The van der Waals surface area contributed by atoms with E-state index in [9.17, 15) is 0 Å². The topological polar surface area (TPSA) is 45.5 Å². The van der Waals surface area contributed by atoms with Crippen LogP contribution in [0.1, 0.15) is 43.7 Å². The minimum atomic E-state index is 0.591. The normalized spacial score (nSPS) is 19.0. The Hall–Kier alpha value is -2.30. The van der Waals surface area contributed by atoms with Crippen molar-refractivity contribution >= 4 is 5.96 Å². The van der Waals surface area contributed by atoms with Gasteiger partial charge in [0.15, 0.2) is 5.96 Å². The van der Waals surface area contributed by atoms with Crippen molar-refractivity contribution in [1.82, 2.24) is 20.0 Å². The molecule has 0 unspecified atom stereocenters. The van der Waals surface area contributed by atoms with E-state index in [1.165, 1.54) is 43.4 Å². The minimum absolute atomic E-state index is 0.591. The predicted molar refractivity (Wildman–Crippen MR) is 105 cm³/mol. The Morgan fingerprint density at radius 2 is 2.04 bits per heavy atom. The van der Waals surface area contributed by atoms with Crippen LogP contribution in [0, 0.1) is 5.41 Å². The smallest absolute Gasteiger partial charge is 0.194 e. The fourth-order valence-electron chi connectivity index (χ4n) is 4.22. The Morgan fingerprint density at radius 3 is 2.69 bits per heavy atom. The second-order valence-electron chi connectivity index (χ2n) is 7.67. The summed E-state index contributed by atoms with van der Waals surface area (Å²) in [4.78, 5) is 7.45. The summed E-state index contributed by atoms with van der Waals surface area (Å²) in [5.74, 6) is 1.07. The molecule has 1 spiro atoms. The van der Waals surface area contributed by atoms with Gasteiger partial charge in [-0.2, -0.15) is 5.10 Å². The number of rotatable bonds is 5. The average Bonchev–Trinajstić information content (AvgIpc) is 3.29. The number of hydrogen-bond acceptors (Lipinski definition) is 2. The van der Waals surface area contributed by atoms with Crippen molar-refractivity contribution in [2.45, 2.75) is 45.7 Å². The third-order valence-corrected chi connectivity index (χ3v) is 5.90. The molecule has 5 heteroatoms. The standard InChI is InChI=1S/C21H29N5/c1-2-22-20(25-14-11-21(17-25)9-5-10-21)23-15-18-7-3-4-8-19(18)16-26-13-6-12-24-26/h3-4,6-8,12-13H,2,5,9-11,14-17H2,1H3,(H,22,23). The van der Waals surface area contributed by atoms with Crippen LogP contribution in [0.5, 0.6) is 0 Å². The molecule has 1 aromatic heterocycles. The van der Waals surface area contributed by atoms with E-state index in [0.29, 0.717) is 12.0 Å². The first-order valence-electron chi connectivity index (χ1n) is 9.85. The van der Waals surface area contributed by atoms with E-state index >= 15 is 0 Å². The molecule has 1 saturated carbocycles. The van der Waals surface area contributed by atoms with Gasteiger partial charge in [0.05, 0.1) is 13.1 Å². The summed E-state index contributed by atoms with van der Waals surface area (Å²) in [7, 11) is 0. The molecule has 0 radical (unpaired) electrons. The van der Waals surface area contributed by atoms with Crippen LogP contribution >= 0.6 is 0 Å². The Morgan fingerprint density at radius 1 is 1.19 bits per heavy atom. The first-order valence-corrected chi connectivity index (χ1v) is 9.85. The van der Waals surface area contributed by atoms with E-state index in [1.54, 1.807) is 0 Å². The molecule has 26 heavy (non-hydrogen) atoms. The van der Waals surface area contributed by atoms with Gasteiger partial charge >= 0.3 is 0 Å². The van der Waals surface area contributed by atoms with E-state index in [0.717, 1.165) is 25.6 Å². The first kappa shape index (κ1) is 17.1. The average molecular weight is 351 g/mol. The highest BCUT2D eigenvalue weighted by Crippen LogP contribution is 2.47. The molecule has 5 nitrogen and oxygen atoms in total. The molecule has 0 amide bonds. The zero-order valence-electron chi connectivity index (χ0n) is 15.7. The lowest BCUT2D eigenvalue weighted by molar-refractivity contribution is 0.151. The highest BCUT2D eigenvalue weighted by Gasteiger charge is 2.43. The molecule has 2 aromatic rings. The summed E-state index contributed by atoms with van der Waals surface area (Å²) in [5.41, 5.74) is 3.15.